The van der Waals surface area contributed by atoms with Crippen molar-refractivity contribution < 1.29 is 9.53 Å². The molecule has 0 spiro atoms. The van der Waals surface area contributed by atoms with Crippen molar-refractivity contribution in [1.29, 1.82) is 0 Å². The number of ether oxygens (including phenoxy) is 1. The number of aromatic nitrogens is 1. The maximum atomic E-state index is 12.3. The van der Waals surface area contributed by atoms with Crippen LogP contribution in [0.1, 0.15) is 12.0 Å². The van der Waals surface area contributed by atoms with Crippen LogP contribution in [0.15, 0.2) is 18.3 Å². The molecule has 0 bridgehead atoms. The number of methoxy groups -OCH3 is 1. The Morgan fingerprint density at radius 2 is 2.23 bits per heavy atom. The van der Waals surface area contributed by atoms with Gasteiger partial charge in [0.05, 0.1) is 13.0 Å². The number of amides is 1. The zero-order chi connectivity index (χ0) is 15.9. The van der Waals surface area contributed by atoms with E-state index in [9.17, 15) is 4.79 Å². The Kier molecular flexibility index (Phi) is 6.15. The molecule has 0 aliphatic carbocycles. The van der Waals surface area contributed by atoms with Crippen molar-refractivity contribution in [2.75, 3.05) is 58.9 Å². The lowest BCUT2D eigenvalue weighted by Crippen LogP contribution is -2.38. The number of likely N-dealkylation sites (N-methyl/N-ethyl adjacent to an activating group) is 1. The van der Waals surface area contributed by atoms with Gasteiger partial charge in [-0.1, -0.05) is 6.07 Å². The van der Waals surface area contributed by atoms with E-state index in [0.717, 1.165) is 37.6 Å². The summed E-state index contributed by atoms with van der Waals surface area (Å²) in [6, 6.07) is 4.00. The van der Waals surface area contributed by atoms with Crippen LogP contribution >= 0.6 is 0 Å². The van der Waals surface area contributed by atoms with Gasteiger partial charge in [-0.3, -0.25) is 4.79 Å². The second-order valence-electron chi connectivity index (χ2n) is 5.83. The Bertz CT molecular complexity index is 493. The van der Waals surface area contributed by atoms with E-state index >= 15 is 0 Å². The third-order valence-electron chi connectivity index (χ3n) is 3.86. The lowest BCUT2D eigenvalue weighted by Gasteiger charge is -2.25. The van der Waals surface area contributed by atoms with Crippen molar-refractivity contribution in [3.05, 3.63) is 23.9 Å². The van der Waals surface area contributed by atoms with E-state index in [-0.39, 0.29) is 5.91 Å². The SMILES string of the molecule is COCCC(=O)N1CCN(CCN(C)C)c2ncccc2C1. The quantitative estimate of drug-likeness (QED) is 0.779. The van der Waals surface area contributed by atoms with E-state index in [1.54, 1.807) is 7.11 Å². The molecule has 0 radical (unpaired) electrons. The van der Waals surface area contributed by atoms with Crippen LogP contribution in [0.2, 0.25) is 0 Å². The molecule has 0 fully saturated rings. The molecule has 0 saturated heterocycles. The molecule has 6 heteroatoms. The van der Waals surface area contributed by atoms with Gasteiger partial charge in [-0.2, -0.15) is 0 Å². The molecule has 1 amide bonds. The summed E-state index contributed by atoms with van der Waals surface area (Å²) in [5, 5.41) is 0. The minimum absolute atomic E-state index is 0.145. The number of hydrogen-bond acceptors (Lipinski definition) is 5. The fourth-order valence-corrected chi connectivity index (χ4v) is 2.57. The van der Waals surface area contributed by atoms with E-state index in [0.29, 0.717) is 19.6 Å². The van der Waals surface area contributed by atoms with E-state index < -0.39 is 0 Å². The van der Waals surface area contributed by atoms with Crippen molar-refractivity contribution in [1.82, 2.24) is 14.8 Å². The molecule has 1 aliphatic heterocycles. The Balaban J connectivity index is 2.11. The Morgan fingerprint density at radius 3 is 2.95 bits per heavy atom. The molecule has 122 valence electrons. The van der Waals surface area contributed by atoms with Crippen LogP contribution in [0.25, 0.3) is 0 Å². The number of anilines is 1. The van der Waals surface area contributed by atoms with Crippen LogP contribution in [0, 0.1) is 0 Å². The highest BCUT2D eigenvalue weighted by molar-refractivity contribution is 5.76. The van der Waals surface area contributed by atoms with Crippen LogP contribution < -0.4 is 4.90 Å². The van der Waals surface area contributed by atoms with Crippen molar-refractivity contribution in [3.8, 4) is 0 Å². The highest BCUT2D eigenvalue weighted by Gasteiger charge is 2.23. The summed E-state index contributed by atoms with van der Waals surface area (Å²) in [5.74, 6) is 1.15. The molecule has 0 aromatic carbocycles. The molecule has 2 rings (SSSR count). The van der Waals surface area contributed by atoms with Gasteiger partial charge in [0.25, 0.3) is 0 Å². The normalized spacial score (nSPS) is 14.9. The van der Waals surface area contributed by atoms with Gasteiger partial charge in [0.15, 0.2) is 0 Å². The third kappa shape index (κ3) is 4.42. The minimum atomic E-state index is 0.145. The van der Waals surface area contributed by atoms with Gasteiger partial charge >= 0.3 is 0 Å². The molecule has 2 heterocycles. The first kappa shape index (κ1) is 16.7. The number of carbonyl (C=O) groups is 1. The van der Waals surface area contributed by atoms with Crippen LogP contribution in [0.4, 0.5) is 5.82 Å². The zero-order valence-corrected chi connectivity index (χ0v) is 13.8. The molecular formula is C16H26N4O2. The van der Waals surface area contributed by atoms with Crippen LogP contribution in [-0.4, -0.2) is 74.7 Å². The Labute approximate surface area is 132 Å². The molecular weight excluding hydrogens is 280 g/mol. The summed E-state index contributed by atoms with van der Waals surface area (Å²) in [5.41, 5.74) is 1.12. The first-order valence-electron chi connectivity index (χ1n) is 7.72. The minimum Gasteiger partial charge on any atom is -0.384 e. The maximum absolute atomic E-state index is 12.3. The predicted molar refractivity (Wildman–Crippen MR) is 86.9 cm³/mol. The fraction of sp³-hybridized carbons (Fsp3) is 0.625. The molecule has 0 saturated carbocycles. The topological polar surface area (TPSA) is 48.9 Å². The van der Waals surface area contributed by atoms with E-state index in [2.05, 4.69) is 34.9 Å². The Morgan fingerprint density at radius 1 is 1.41 bits per heavy atom. The largest absolute Gasteiger partial charge is 0.384 e. The molecule has 0 atom stereocenters. The second-order valence-corrected chi connectivity index (χ2v) is 5.83. The van der Waals surface area contributed by atoms with Crippen molar-refractivity contribution >= 4 is 11.7 Å². The van der Waals surface area contributed by atoms with E-state index in [4.69, 9.17) is 4.74 Å². The number of pyridine rings is 1. The van der Waals surface area contributed by atoms with Crippen molar-refractivity contribution in [2.24, 2.45) is 0 Å². The van der Waals surface area contributed by atoms with Crippen molar-refractivity contribution in [2.45, 2.75) is 13.0 Å². The number of rotatable bonds is 6. The zero-order valence-electron chi connectivity index (χ0n) is 13.8. The summed E-state index contributed by atoms with van der Waals surface area (Å²) in [4.78, 5) is 23.2. The average molecular weight is 306 g/mol. The first-order valence-corrected chi connectivity index (χ1v) is 7.72. The average Bonchev–Trinajstić information content (AvgIpc) is 2.70. The van der Waals surface area contributed by atoms with Gasteiger partial charge in [-0.25, -0.2) is 4.98 Å². The lowest BCUT2D eigenvalue weighted by molar-refractivity contribution is -0.132. The second kappa shape index (κ2) is 8.10. The maximum Gasteiger partial charge on any atom is 0.225 e. The van der Waals surface area contributed by atoms with Crippen LogP contribution in [0.5, 0.6) is 0 Å². The summed E-state index contributed by atoms with van der Waals surface area (Å²) in [7, 11) is 5.76. The molecule has 0 N–H and O–H groups in total. The van der Waals surface area contributed by atoms with Gasteiger partial charge in [-0.15, -0.1) is 0 Å². The smallest absolute Gasteiger partial charge is 0.225 e. The summed E-state index contributed by atoms with van der Waals surface area (Å²) in [6.07, 6.45) is 2.26. The van der Waals surface area contributed by atoms with Gasteiger partial charge in [0.1, 0.15) is 5.82 Å². The molecule has 1 aliphatic rings. The summed E-state index contributed by atoms with van der Waals surface area (Å²) in [6.45, 7) is 4.53. The van der Waals surface area contributed by atoms with Gasteiger partial charge in [0.2, 0.25) is 5.91 Å². The highest BCUT2D eigenvalue weighted by atomic mass is 16.5. The monoisotopic (exact) mass is 306 g/mol. The van der Waals surface area contributed by atoms with Gasteiger partial charge in [-0.05, 0) is 20.2 Å². The number of nitrogens with zero attached hydrogens (tertiary/aromatic N) is 4. The number of carbonyl (C=O) groups excluding carboxylic acids is 1. The molecule has 6 nitrogen and oxygen atoms in total. The first-order chi connectivity index (χ1) is 10.6. The summed E-state index contributed by atoms with van der Waals surface area (Å²) < 4.78 is 5.01. The third-order valence-corrected chi connectivity index (χ3v) is 3.86. The Hall–Kier alpha value is -1.66. The predicted octanol–water partition coefficient (Wildman–Crippen LogP) is 0.828. The number of hydrogen-bond donors (Lipinski definition) is 0. The fourth-order valence-electron chi connectivity index (χ4n) is 2.57. The molecule has 0 unspecified atom stereocenters. The van der Waals surface area contributed by atoms with Gasteiger partial charge in [0, 0.05) is 51.6 Å². The highest BCUT2D eigenvalue weighted by Crippen LogP contribution is 2.22. The van der Waals surface area contributed by atoms with E-state index in [1.807, 2.05) is 17.2 Å². The summed E-state index contributed by atoms with van der Waals surface area (Å²) >= 11 is 0. The van der Waals surface area contributed by atoms with E-state index in [1.165, 1.54) is 0 Å². The molecule has 22 heavy (non-hydrogen) atoms. The lowest BCUT2D eigenvalue weighted by atomic mass is 10.2. The number of fused-ring (bicyclic) bond motifs is 1. The molecule has 1 aromatic heterocycles. The van der Waals surface area contributed by atoms with Crippen LogP contribution in [0.3, 0.4) is 0 Å². The van der Waals surface area contributed by atoms with Crippen molar-refractivity contribution in [3.63, 3.8) is 0 Å². The molecule has 1 aromatic rings. The van der Waals surface area contributed by atoms with Crippen LogP contribution in [-0.2, 0) is 16.1 Å². The van der Waals surface area contributed by atoms with Gasteiger partial charge < -0.3 is 19.4 Å². The standard InChI is InChI=1S/C16H26N4O2/c1-18(2)8-9-19-10-11-20(15(21)6-12-22-3)13-14-5-4-7-17-16(14)19/h4-5,7H,6,8-13H2,1-3H3.